The quantitative estimate of drug-likeness (QED) is 0.652. The van der Waals surface area contributed by atoms with Gasteiger partial charge in [-0.2, -0.15) is 5.26 Å². The molecule has 1 saturated carbocycles. The summed E-state index contributed by atoms with van der Waals surface area (Å²) in [6.07, 6.45) is 7.00. The molecule has 1 aliphatic heterocycles. The smallest absolute Gasteiger partial charge is 0.220 e. The zero-order valence-corrected chi connectivity index (χ0v) is 17.6. The number of carbonyl (C=O) groups is 1. The number of hydrogen-bond donors (Lipinski definition) is 1. The number of hydrogen-bond acceptors (Lipinski definition) is 4. The van der Waals surface area contributed by atoms with Crippen molar-refractivity contribution in [3.8, 4) is 6.07 Å². The highest BCUT2D eigenvalue weighted by molar-refractivity contribution is 5.76. The molecule has 1 saturated heterocycles. The predicted molar refractivity (Wildman–Crippen MR) is 113 cm³/mol. The van der Waals surface area contributed by atoms with Crippen LogP contribution in [0.15, 0.2) is 18.2 Å². The van der Waals surface area contributed by atoms with Crippen molar-refractivity contribution >= 4 is 11.6 Å². The number of anilines is 1. The fraction of sp³-hybridized carbons (Fsp3) is 0.652. The number of nitriles is 1. The van der Waals surface area contributed by atoms with Gasteiger partial charge in [0.25, 0.3) is 0 Å². The van der Waals surface area contributed by atoms with E-state index in [-0.39, 0.29) is 17.8 Å². The van der Waals surface area contributed by atoms with Crippen LogP contribution in [-0.4, -0.2) is 49.6 Å². The molecule has 0 radical (unpaired) electrons. The van der Waals surface area contributed by atoms with Crippen LogP contribution in [0, 0.1) is 28.9 Å². The predicted octanol–water partition coefficient (Wildman–Crippen LogP) is 3.85. The first kappa shape index (κ1) is 22.5. The summed E-state index contributed by atoms with van der Waals surface area (Å²) in [5.41, 5.74) is 0.364. The third kappa shape index (κ3) is 6.66. The molecule has 164 valence electrons. The fourth-order valence-electron chi connectivity index (χ4n) is 4.53. The van der Waals surface area contributed by atoms with Gasteiger partial charge in [0.15, 0.2) is 0 Å². The van der Waals surface area contributed by atoms with Gasteiger partial charge in [-0.25, -0.2) is 8.78 Å². The molecule has 2 aliphatic rings. The molecule has 2 fully saturated rings. The van der Waals surface area contributed by atoms with Gasteiger partial charge in [-0.3, -0.25) is 9.69 Å². The lowest BCUT2D eigenvalue weighted by atomic mass is 9.84. The molecule has 30 heavy (non-hydrogen) atoms. The Morgan fingerprint density at radius 3 is 2.57 bits per heavy atom. The number of benzene rings is 1. The molecule has 0 atom stereocenters. The lowest BCUT2D eigenvalue weighted by Gasteiger charge is -2.37. The van der Waals surface area contributed by atoms with Gasteiger partial charge in [0.05, 0.1) is 11.8 Å². The maximum atomic E-state index is 14.0. The van der Waals surface area contributed by atoms with Crippen molar-refractivity contribution < 1.29 is 13.6 Å². The third-order valence-corrected chi connectivity index (χ3v) is 6.38. The Bertz CT molecular complexity index is 735. The monoisotopic (exact) mass is 418 g/mol. The van der Waals surface area contributed by atoms with Crippen LogP contribution < -0.4 is 10.2 Å². The van der Waals surface area contributed by atoms with Crippen molar-refractivity contribution in [2.75, 3.05) is 37.6 Å². The number of rotatable bonds is 8. The van der Waals surface area contributed by atoms with Crippen molar-refractivity contribution in [2.24, 2.45) is 5.92 Å². The van der Waals surface area contributed by atoms with Gasteiger partial charge in [0.2, 0.25) is 5.91 Å². The highest BCUT2D eigenvalue weighted by atomic mass is 19.1. The summed E-state index contributed by atoms with van der Waals surface area (Å²) >= 11 is 0. The van der Waals surface area contributed by atoms with Gasteiger partial charge in [0.1, 0.15) is 11.6 Å². The number of amides is 1. The van der Waals surface area contributed by atoms with Crippen LogP contribution in [0.4, 0.5) is 14.5 Å². The Morgan fingerprint density at radius 2 is 1.87 bits per heavy atom. The first-order valence-electron chi connectivity index (χ1n) is 11.1. The summed E-state index contributed by atoms with van der Waals surface area (Å²) < 4.78 is 27.4. The Morgan fingerprint density at radius 1 is 1.13 bits per heavy atom. The first-order valence-corrected chi connectivity index (χ1v) is 11.1. The third-order valence-electron chi connectivity index (χ3n) is 6.38. The van der Waals surface area contributed by atoms with Gasteiger partial charge in [-0.15, -0.1) is 0 Å². The van der Waals surface area contributed by atoms with Gasteiger partial charge < -0.3 is 10.2 Å². The van der Waals surface area contributed by atoms with E-state index in [4.69, 9.17) is 5.26 Å². The first-order chi connectivity index (χ1) is 14.5. The van der Waals surface area contributed by atoms with E-state index in [9.17, 15) is 13.6 Å². The topological polar surface area (TPSA) is 59.4 Å². The van der Waals surface area contributed by atoms with Crippen molar-refractivity contribution in [2.45, 2.75) is 57.4 Å². The van der Waals surface area contributed by atoms with Crippen LogP contribution in [0.1, 0.15) is 51.4 Å². The molecule has 1 amide bonds. The summed E-state index contributed by atoms with van der Waals surface area (Å²) in [6, 6.07) is 5.99. The summed E-state index contributed by atoms with van der Waals surface area (Å²) in [4.78, 5) is 16.2. The van der Waals surface area contributed by atoms with Gasteiger partial charge in [-0.1, -0.05) is 0 Å². The molecule has 0 bridgehead atoms. The van der Waals surface area contributed by atoms with E-state index in [2.05, 4.69) is 16.3 Å². The van der Waals surface area contributed by atoms with E-state index >= 15 is 0 Å². The van der Waals surface area contributed by atoms with E-state index in [0.29, 0.717) is 44.0 Å². The standard InChI is InChI=1S/C23H32F2N4O/c24-19-6-9-21(25)22(17-19)29-15-13-28(14-16-29)12-10-18-4-7-20(8-5-18)27-23(30)3-1-2-11-26/h6,9,17-18,20H,1-5,7-8,10,12-16H2,(H,27,30). The molecule has 0 aromatic heterocycles. The van der Waals surface area contributed by atoms with Crippen molar-refractivity contribution in [1.82, 2.24) is 10.2 Å². The highest BCUT2D eigenvalue weighted by Gasteiger charge is 2.24. The molecule has 1 aromatic carbocycles. The van der Waals surface area contributed by atoms with E-state index < -0.39 is 5.82 Å². The number of nitrogens with one attached hydrogen (secondary N) is 1. The van der Waals surface area contributed by atoms with Gasteiger partial charge in [-0.05, 0) is 63.1 Å². The minimum Gasteiger partial charge on any atom is -0.367 e. The summed E-state index contributed by atoms with van der Waals surface area (Å²) in [6.45, 7) is 4.19. The molecule has 1 aliphatic carbocycles. The number of unbranched alkanes of at least 4 members (excludes halogenated alkanes) is 1. The second-order valence-electron chi connectivity index (χ2n) is 8.51. The van der Waals surface area contributed by atoms with E-state index in [1.807, 2.05) is 4.90 Å². The highest BCUT2D eigenvalue weighted by Crippen LogP contribution is 2.28. The zero-order chi connectivity index (χ0) is 21.3. The van der Waals surface area contributed by atoms with Gasteiger partial charge >= 0.3 is 0 Å². The largest absolute Gasteiger partial charge is 0.367 e. The fourth-order valence-corrected chi connectivity index (χ4v) is 4.53. The maximum absolute atomic E-state index is 14.0. The molecule has 1 N–H and O–H groups in total. The normalized spacial score (nSPS) is 22.5. The summed E-state index contributed by atoms with van der Waals surface area (Å²) in [5, 5.41) is 11.7. The maximum Gasteiger partial charge on any atom is 0.220 e. The van der Waals surface area contributed by atoms with E-state index in [0.717, 1.165) is 57.8 Å². The lowest BCUT2D eigenvalue weighted by Crippen LogP contribution is -2.47. The minimum absolute atomic E-state index is 0.0707. The van der Waals surface area contributed by atoms with Crippen LogP contribution in [0.2, 0.25) is 0 Å². The number of nitrogens with zero attached hydrogens (tertiary/aromatic N) is 3. The van der Waals surface area contributed by atoms with E-state index in [1.54, 1.807) is 0 Å². The molecule has 1 aromatic rings. The average molecular weight is 419 g/mol. The van der Waals surface area contributed by atoms with Crippen LogP contribution in [0.3, 0.4) is 0 Å². The SMILES string of the molecule is N#CCCCC(=O)NC1CCC(CCN2CCN(c3cc(F)ccc3F)CC2)CC1. The van der Waals surface area contributed by atoms with Crippen LogP contribution >= 0.6 is 0 Å². The van der Waals surface area contributed by atoms with Crippen molar-refractivity contribution in [1.29, 1.82) is 5.26 Å². The molecule has 0 spiro atoms. The molecule has 7 heteroatoms. The molecule has 0 unspecified atom stereocenters. The molecule has 1 heterocycles. The Hall–Kier alpha value is -2.20. The van der Waals surface area contributed by atoms with Gasteiger partial charge in [0, 0.05) is 51.1 Å². The van der Waals surface area contributed by atoms with Crippen molar-refractivity contribution in [3.63, 3.8) is 0 Å². The average Bonchev–Trinajstić information content (AvgIpc) is 2.75. The molecule has 3 rings (SSSR count). The summed E-state index contributed by atoms with van der Waals surface area (Å²) in [7, 11) is 0. The lowest BCUT2D eigenvalue weighted by molar-refractivity contribution is -0.122. The second-order valence-corrected chi connectivity index (χ2v) is 8.51. The number of piperazine rings is 1. The molecular weight excluding hydrogens is 386 g/mol. The second kappa shape index (κ2) is 11.3. The number of carbonyl (C=O) groups excluding carboxylic acids is 1. The minimum atomic E-state index is -0.400. The Balaban J connectivity index is 1.32. The van der Waals surface area contributed by atoms with Crippen molar-refractivity contribution in [3.05, 3.63) is 29.8 Å². The zero-order valence-electron chi connectivity index (χ0n) is 17.6. The molecular formula is C23H32F2N4O. The van der Waals surface area contributed by atoms with Crippen LogP contribution in [0.5, 0.6) is 0 Å². The Kier molecular flexibility index (Phi) is 8.44. The number of halogens is 2. The summed E-state index contributed by atoms with van der Waals surface area (Å²) in [5.74, 6) is -0.00158. The van der Waals surface area contributed by atoms with Crippen LogP contribution in [0.25, 0.3) is 0 Å². The molecule has 5 nitrogen and oxygen atoms in total. The Labute approximate surface area is 178 Å². The van der Waals surface area contributed by atoms with E-state index in [1.165, 1.54) is 12.1 Å². The van der Waals surface area contributed by atoms with Crippen LogP contribution in [-0.2, 0) is 4.79 Å².